The Hall–Kier alpha value is -0.410. The lowest BCUT2D eigenvalue weighted by atomic mass is 9.82. The highest BCUT2D eigenvalue weighted by atomic mass is 32.1. The molecule has 0 aliphatic heterocycles. The zero-order valence-corrected chi connectivity index (χ0v) is 9.03. The van der Waals surface area contributed by atoms with Gasteiger partial charge in [0.1, 0.15) is 5.01 Å². The molecule has 2 N–H and O–H groups in total. The van der Waals surface area contributed by atoms with Gasteiger partial charge >= 0.3 is 0 Å². The average molecular weight is 196 g/mol. The Balaban J connectivity index is 2.24. The van der Waals surface area contributed by atoms with Gasteiger partial charge in [0.05, 0.1) is 11.7 Å². The first-order chi connectivity index (χ1) is 6.18. The van der Waals surface area contributed by atoms with Crippen LogP contribution >= 0.6 is 11.3 Å². The van der Waals surface area contributed by atoms with Crippen LogP contribution < -0.4 is 5.73 Å². The van der Waals surface area contributed by atoms with Crippen molar-refractivity contribution < 1.29 is 0 Å². The third kappa shape index (κ3) is 1.63. The van der Waals surface area contributed by atoms with Crippen molar-refractivity contribution in [2.75, 3.05) is 0 Å². The van der Waals surface area contributed by atoms with Gasteiger partial charge < -0.3 is 5.73 Å². The van der Waals surface area contributed by atoms with Crippen LogP contribution in [-0.2, 0) is 0 Å². The fourth-order valence-corrected chi connectivity index (χ4v) is 2.65. The van der Waals surface area contributed by atoms with Crippen molar-refractivity contribution in [2.24, 2.45) is 5.73 Å². The van der Waals surface area contributed by atoms with Gasteiger partial charge in [-0.15, -0.1) is 11.3 Å². The van der Waals surface area contributed by atoms with Crippen molar-refractivity contribution in [3.63, 3.8) is 0 Å². The average Bonchev–Trinajstić information content (AvgIpc) is 2.29. The van der Waals surface area contributed by atoms with Crippen LogP contribution in [0.5, 0.6) is 0 Å². The second kappa shape index (κ2) is 3.39. The molecule has 1 saturated carbocycles. The summed E-state index contributed by atoms with van der Waals surface area (Å²) < 4.78 is 0. The van der Waals surface area contributed by atoms with E-state index in [0.717, 1.165) is 10.9 Å². The van der Waals surface area contributed by atoms with Gasteiger partial charge in [0.25, 0.3) is 0 Å². The van der Waals surface area contributed by atoms with Gasteiger partial charge in [-0.25, -0.2) is 4.98 Å². The highest BCUT2D eigenvalue weighted by Crippen LogP contribution is 2.39. The Bertz CT molecular complexity index is 300. The first-order valence-electron chi connectivity index (χ1n) is 4.91. The molecule has 1 atom stereocenters. The van der Waals surface area contributed by atoms with Crippen LogP contribution in [0.1, 0.15) is 53.7 Å². The minimum Gasteiger partial charge on any atom is -0.322 e. The minimum atomic E-state index is 0.0949. The molecule has 2 nitrogen and oxygen atoms in total. The van der Waals surface area contributed by atoms with Crippen LogP contribution in [-0.4, -0.2) is 4.98 Å². The van der Waals surface area contributed by atoms with E-state index in [1.54, 1.807) is 11.3 Å². The summed E-state index contributed by atoms with van der Waals surface area (Å²) in [5.41, 5.74) is 7.13. The Kier molecular flexibility index (Phi) is 2.39. The topological polar surface area (TPSA) is 38.9 Å². The standard InChI is InChI=1S/C10H16N2S/c1-6(11)10-12-9(7(2)13-10)8-4-3-5-8/h6,8H,3-5,11H2,1-2H3. The molecule has 1 fully saturated rings. The van der Waals surface area contributed by atoms with Gasteiger partial charge in [-0.1, -0.05) is 6.42 Å². The molecule has 13 heavy (non-hydrogen) atoms. The van der Waals surface area contributed by atoms with Gasteiger partial charge in [-0.05, 0) is 26.7 Å². The molecule has 2 rings (SSSR count). The number of hydrogen-bond acceptors (Lipinski definition) is 3. The number of nitrogens with zero attached hydrogens (tertiary/aromatic N) is 1. The van der Waals surface area contributed by atoms with E-state index in [4.69, 9.17) is 5.73 Å². The van der Waals surface area contributed by atoms with Crippen molar-refractivity contribution in [3.8, 4) is 0 Å². The van der Waals surface area contributed by atoms with Gasteiger partial charge in [0.2, 0.25) is 0 Å². The van der Waals surface area contributed by atoms with E-state index in [2.05, 4.69) is 11.9 Å². The van der Waals surface area contributed by atoms with E-state index in [9.17, 15) is 0 Å². The Morgan fingerprint density at radius 3 is 2.62 bits per heavy atom. The molecule has 0 radical (unpaired) electrons. The molecule has 1 heterocycles. The van der Waals surface area contributed by atoms with E-state index in [1.807, 2.05) is 6.92 Å². The summed E-state index contributed by atoms with van der Waals surface area (Å²) in [4.78, 5) is 6.00. The molecule has 0 amide bonds. The second-order valence-corrected chi connectivity index (χ2v) is 5.14. The molecule has 0 saturated heterocycles. The lowest BCUT2D eigenvalue weighted by molar-refractivity contribution is 0.410. The molecule has 0 bridgehead atoms. The molecule has 0 spiro atoms. The van der Waals surface area contributed by atoms with E-state index in [1.165, 1.54) is 29.8 Å². The van der Waals surface area contributed by atoms with Gasteiger partial charge in [-0.3, -0.25) is 0 Å². The first kappa shape index (κ1) is 9.16. The largest absolute Gasteiger partial charge is 0.322 e. The molecular weight excluding hydrogens is 180 g/mol. The maximum atomic E-state index is 5.80. The van der Waals surface area contributed by atoms with Crippen LogP contribution in [0.4, 0.5) is 0 Å². The predicted octanol–water partition coefficient (Wildman–Crippen LogP) is 2.74. The zero-order chi connectivity index (χ0) is 9.42. The zero-order valence-electron chi connectivity index (χ0n) is 8.21. The molecule has 1 aromatic heterocycles. The molecular formula is C10H16N2S. The van der Waals surface area contributed by atoms with E-state index < -0.39 is 0 Å². The molecule has 3 heteroatoms. The predicted molar refractivity (Wildman–Crippen MR) is 56.0 cm³/mol. The highest BCUT2D eigenvalue weighted by molar-refractivity contribution is 7.11. The van der Waals surface area contributed by atoms with Crippen LogP contribution in [0.2, 0.25) is 0 Å². The van der Waals surface area contributed by atoms with Gasteiger partial charge in [0, 0.05) is 10.8 Å². The number of aromatic nitrogens is 1. The SMILES string of the molecule is Cc1sc(C(C)N)nc1C1CCC1. The van der Waals surface area contributed by atoms with Gasteiger partial charge in [-0.2, -0.15) is 0 Å². The highest BCUT2D eigenvalue weighted by Gasteiger charge is 2.24. The fraction of sp³-hybridized carbons (Fsp3) is 0.700. The summed E-state index contributed by atoms with van der Waals surface area (Å²) in [6.45, 7) is 4.17. The summed E-state index contributed by atoms with van der Waals surface area (Å²) in [5, 5.41) is 1.10. The van der Waals surface area contributed by atoms with Crippen LogP contribution in [0.25, 0.3) is 0 Å². The van der Waals surface area contributed by atoms with Crippen molar-refractivity contribution in [2.45, 2.75) is 45.1 Å². The molecule has 1 aromatic rings. The first-order valence-corrected chi connectivity index (χ1v) is 5.73. The fourth-order valence-electron chi connectivity index (χ4n) is 1.68. The molecule has 1 aliphatic carbocycles. The van der Waals surface area contributed by atoms with Crippen molar-refractivity contribution in [3.05, 3.63) is 15.6 Å². The second-order valence-electron chi connectivity index (χ2n) is 3.91. The monoisotopic (exact) mass is 196 g/mol. The van der Waals surface area contributed by atoms with E-state index >= 15 is 0 Å². The number of thiazole rings is 1. The van der Waals surface area contributed by atoms with Crippen LogP contribution in [0.3, 0.4) is 0 Å². The number of aryl methyl sites for hydroxylation is 1. The summed E-state index contributed by atoms with van der Waals surface area (Å²) in [7, 11) is 0. The number of nitrogens with two attached hydrogens (primary N) is 1. The Labute approximate surface area is 83.2 Å². The molecule has 0 aromatic carbocycles. The summed E-state index contributed by atoms with van der Waals surface area (Å²) in [5.74, 6) is 0.740. The van der Waals surface area contributed by atoms with Gasteiger partial charge in [0.15, 0.2) is 0 Å². The van der Waals surface area contributed by atoms with Crippen LogP contribution in [0, 0.1) is 6.92 Å². The third-order valence-electron chi connectivity index (χ3n) is 2.73. The van der Waals surface area contributed by atoms with Crippen LogP contribution in [0.15, 0.2) is 0 Å². The molecule has 72 valence electrons. The lowest BCUT2D eigenvalue weighted by Gasteiger charge is -2.24. The van der Waals surface area contributed by atoms with E-state index in [-0.39, 0.29) is 6.04 Å². The maximum absolute atomic E-state index is 5.80. The normalized spacial score (nSPS) is 19.9. The van der Waals surface area contributed by atoms with Crippen molar-refractivity contribution in [1.29, 1.82) is 0 Å². The number of hydrogen-bond donors (Lipinski definition) is 1. The maximum Gasteiger partial charge on any atom is 0.110 e. The van der Waals surface area contributed by atoms with E-state index in [0.29, 0.717) is 0 Å². The Morgan fingerprint density at radius 1 is 1.54 bits per heavy atom. The lowest BCUT2D eigenvalue weighted by Crippen LogP contribution is -2.11. The Morgan fingerprint density at radius 2 is 2.23 bits per heavy atom. The molecule has 1 aliphatic rings. The number of rotatable bonds is 2. The summed E-state index contributed by atoms with van der Waals surface area (Å²) in [6.07, 6.45) is 4.01. The van der Waals surface area contributed by atoms with Crippen molar-refractivity contribution in [1.82, 2.24) is 4.98 Å². The molecule has 1 unspecified atom stereocenters. The smallest absolute Gasteiger partial charge is 0.110 e. The minimum absolute atomic E-state index is 0.0949. The summed E-state index contributed by atoms with van der Waals surface area (Å²) >= 11 is 1.76. The quantitative estimate of drug-likeness (QED) is 0.790. The summed E-state index contributed by atoms with van der Waals surface area (Å²) in [6, 6.07) is 0.0949. The third-order valence-corrected chi connectivity index (χ3v) is 3.92. The van der Waals surface area contributed by atoms with Crippen molar-refractivity contribution >= 4 is 11.3 Å².